The molecule has 0 spiro atoms. The van der Waals surface area contributed by atoms with E-state index in [1.807, 2.05) is 42.5 Å². The fourth-order valence-electron chi connectivity index (χ4n) is 4.19. The molecule has 3 unspecified atom stereocenters. The number of hydroxylamine groups is 2. The molecule has 26 heavy (non-hydrogen) atoms. The lowest BCUT2D eigenvalue weighted by molar-refractivity contribution is -0.127. The monoisotopic (exact) mass is 348 g/mol. The Morgan fingerprint density at radius 2 is 1.88 bits per heavy atom. The number of fused-ring (bicyclic) bond motifs is 2. The maximum absolute atomic E-state index is 12.6. The Morgan fingerprint density at radius 1 is 1.12 bits per heavy atom. The SMILES string of the molecule is O=C(NC1C2CN(C3N=CC=CN3O)CC21)c1ccc2ccccc2c1. The summed E-state index contributed by atoms with van der Waals surface area (Å²) in [5.41, 5.74) is 0.703. The molecule has 1 saturated carbocycles. The number of nitrogens with one attached hydrogen (secondary N) is 1. The maximum atomic E-state index is 12.6. The molecule has 3 atom stereocenters. The molecule has 0 radical (unpaired) electrons. The van der Waals surface area contributed by atoms with Gasteiger partial charge in [-0.05, 0) is 40.8 Å². The lowest BCUT2D eigenvalue weighted by atomic mass is 10.1. The van der Waals surface area contributed by atoms with E-state index in [0.29, 0.717) is 17.4 Å². The molecular formula is C20H20N4O2. The molecule has 1 aliphatic carbocycles. The van der Waals surface area contributed by atoms with Gasteiger partial charge in [-0.1, -0.05) is 30.3 Å². The van der Waals surface area contributed by atoms with Crippen LogP contribution >= 0.6 is 0 Å². The van der Waals surface area contributed by atoms with Crippen molar-refractivity contribution >= 4 is 22.9 Å². The first-order valence-corrected chi connectivity index (χ1v) is 8.91. The van der Waals surface area contributed by atoms with E-state index in [2.05, 4.69) is 15.2 Å². The average molecular weight is 348 g/mol. The van der Waals surface area contributed by atoms with E-state index in [-0.39, 0.29) is 18.2 Å². The number of nitrogens with zero attached hydrogens (tertiary/aromatic N) is 3. The lowest BCUT2D eigenvalue weighted by Gasteiger charge is -2.32. The van der Waals surface area contributed by atoms with Gasteiger partial charge in [-0.15, -0.1) is 0 Å². The maximum Gasteiger partial charge on any atom is 0.251 e. The molecule has 5 rings (SSSR count). The Hall–Kier alpha value is -2.70. The zero-order chi connectivity index (χ0) is 17.7. The fourth-order valence-corrected chi connectivity index (χ4v) is 4.19. The van der Waals surface area contributed by atoms with Crippen molar-refractivity contribution in [3.63, 3.8) is 0 Å². The van der Waals surface area contributed by atoms with Gasteiger partial charge >= 0.3 is 0 Å². The number of piperidine rings is 1. The number of aliphatic imine (C=N–C) groups is 1. The number of likely N-dealkylation sites (tertiary alicyclic amines) is 1. The van der Waals surface area contributed by atoms with E-state index in [1.54, 1.807) is 18.5 Å². The number of hydrogen-bond donors (Lipinski definition) is 2. The van der Waals surface area contributed by atoms with Crippen LogP contribution in [0, 0.1) is 11.8 Å². The molecule has 2 aromatic carbocycles. The van der Waals surface area contributed by atoms with E-state index in [1.165, 1.54) is 0 Å². The number of carbonyl (C=O) groups excluding carboxylic acids is 1. The molecular weight excluding hydrogens is 328 g/mol. The van der Waals surface area contributed by atoms with E-state index >= 15 is 0 Å². The quantitative estimate of drug-likeness (QED) is 0.891. The standard InChI is InChI=1S/C20H20N4O2/c25-19(15-7-6-13-4-1-2-5-14(13)10-15)22-18-16-11-23(12-17(16)18)20-21-8-3-9-24(20)26/h1-10,16-18,20,26H,11-12H2,(H,22,25). The minimum atomic E-state index is -0.343. The molecule has 6 heteroatoms. The Kier molecular flexibility index (Phi) is 3.55. The number of carbonyl (C=O) groups is 1. The molecule has 2 N–H and O–H groups in total. The predicted molar refractivity (Wildman–Crippen MR) is 98.8 cm³/mol. The van der Waals surface area contributed by atoms with Crippen LogP contribution < -0.4 is 5.32 Å². The Bertz CT molecular complexity index is 913. The number of benzene rings is 2. The third-order valence-electron chi connectivity index (χ3n) is 5.64. The van der Waals surface area contributed by atoms with Gasteiger partial charge in [0.05, 0.1) is 0 Å². The average Bonchev–Trinajstić information content (AvgIpc) is 3.11. The summed E-state index contributed by atoms with van der Waals surface area (Å²) in [6.07, 6.45) is 4.69. The van der Waals surface area contributed by atoms with Crippen molar-refractivity contribution in [3.8, 4) is 0 Å². The highest BCUT2D eigenvalue weighted by atomic mass is 16.5. The molecule has 1 amide bonds. The molecule has 1 saturated heterocycles. The molecule has 6 nitrogen and oxygen atoms in total. The van der Waals surface area contributed by atoms with Crippen LogP contribution in [0.1, 0.15) is 10.4 Å². The first kappa shape index (κ1) is 15.5. The molecule has 0 aromatic heterocycles. The minimum Gasteiger partial charge on any atom is -0.349 e. The zero-order valence-electron chi connectivity index (χ0n) is 14.2. The summed E-state index contributed by atoms with van der Waals surface area (Å²) < 4.78 is 0. The van der Waals surface area contributed by atoms with Crippen LogP contribution in [0.2, 0.25) is 0 Å². The minimum absolute atomic E-state index is 0.0101. The van der Waals surface area contributed by atoms with Crippen molar-refractivity contribution in [2.45, 2.75) is 12.3 Å². The topological polar surface area (TPSA) is 68.2 Å². The van der Waals surface area contributed by atoms with Gasteiger partial charge in [-0.3, -0.25) is 19.9 Å². The van der Waals surface area contributed by atoms with Crippen molar-refractivity contribution in [2.75, 3.05) is 13.1 Å². The second-order valence-electron chi connectivity index (χ2n) is 7.21. The van der Waals surface area contributed by atoms with Crippen LogP contribution in [0.25, 0.3) is 10.8 Å². The second-order valence-corrected chi connectivity index (χ2v) is 7.21. The van der Waals surface area contributed by atoms with Gasteiger partial charge in [-0.2, -0.15) is 0 Å². The molecule has 2 aliphatic heterocycles. The van der Waals surface area contributed by atoms with Crippen LogP contribution in [0.15, 0.2) is 59.7 Å². The largest absolute Gasteiger partial charge is 0.349 e. The molecule has 2 aromatic rings. The van der Waals surface area contributed by atoms with Gasteiger partial charge in [0.2, 0.25) is 6.29 Å². The van der Waals surface area contributed by atoms with Crippen LogP contribution in [0.4, 0.5) is 0 Å². The highest BCUT2D eigenvalue weighted by Crippen LogP contribution is 2.46. The number of hydrogen-bond acceptors (Lipinski definition) is 5. The summed E-state index contributed by atoms with van der Waals surface area (Å²) in [7, 11) is 0. The Morgan fingerprint density at radius 3 is 2.65 bits per heavy atom. The Labute approximate surface area is 151 Å². The highest BCUT2D eigenvalue weighted by molar-refractivity contribution is 5.98. The van der Waals surface area contributed by atoms with Crippen LogP contribution in [-0.4, -0.2) is 52.7 Å². The summed E-state index contributed by atoms with van der Waals surface area (Å²) in [5, 5.41) is 16.4. The van der Waals surface area contributed by atoms with Gasteiger partial charge in [0.15, 0.2) is 0 Å². The summed E-state index contributed by atoms with van der Waals surface area (Å²) in [5.74, 6) is 0.868. The van der Waals surface area contributed by atoms with Crippen LogP contribution in [0.5, 0.6) is 0 Å². The first-order valence-electron chi connectivity index (χ1n) is 8.91. The highest BCUT2D eigenvalue weighted by Gasteiger charge is 2.57. The first-order chi connectivity index (χ1) is 12.7. The van der Waals surface area contributed by atoms with Crippen LogP contribution in [-0.2, 0) is 0 Å². The van der Waals surface area contributed by atoms with Gasteiger partial charge in [0, 0.05) is 37.1 Å². The zero-order valence-corrected chi connectivity index (χ0v) is 14.2. The van der Waals surface area contributed by atoms with Crippen LogP contribution in [0.3, 0.4) is 0 Å². The van der Waals surface area contributed by atoms with E-state index in [0.717, 1.165) is 28.9 Å². The molecule has 132 valence electrons. The number of allylic oxidation sites excluding steroid dienone is 1. The number of amides is 1. The Balaban J connectivity index is 1.22. The van der Waals surface area contributed by atoms with E-state index in [9.17, 15) is 10.0 Å². The van der Waals surface area contributed by atoms with Crippen molar-refractivity contribution in [2.24, 2.45) is 16.8 Å². The third kappa shape index (κ3) is 2.58. The van der Waals surface area contributed by atoms with Crippen molar-refractivity contribution in [1.29, 1.82) is 0 Å². The summed E-state index contributed by atoms with van der Waals surface area (Å²) in [4.78, 5) is 19.1. The van der Waals surface area contributed by atoms with E-state index < -0.39 is 0 Å². The molecule has 2 fully saturated rings. The smallest absolute Gasteiger partial charge is 0.251 e. The van der Waals surface area contributed by atoms with E-state index in [4.69, 9.17) is 0 Å². The summed E-state index contributed by atoms with van der Waals surface area (Å²) in [6.45, 7) is 1.67. The van der Waals surface area contributed by atoms with Gasteiger partial charge in [0.25, 0.3) is 5.91 Å². The molecule has 2 heterocycles. The molecule has 3 aliphatic rings. The van der Waals surface area contributed by atoms with Crippen molar-refractivity contribution in [1.82, 2.24) is 15.3 Å². The van der Waals surface area contributed by atoms with Crippen molar-refractivity contribution < 1.29 is 10.0 Å². The summed E-state index contributed by atoms with van der Waals surface area (Å²) >= 11 is 0. The fraction of sp³-hybridized carbons (Fsp3) is 0.300. The normalized spacial score (nSPS) is 29.8. The van der Waals surface area contributed by atoms with Gasteiger partial charge in [-0.25, -0.2) is 5.06 Å². The second kappa shape index (κ2) is 5.93. The third-order valence-corrected chi connectivity index (χ3v) is 5.64. The van der Waals surface area contributed by atoms with Crippen molar-refractivity contribution in [3.05, 3.63) is 60.3 Å². The van der Waals surface area contributed by atoms with Gasteiger partial charge < -0.3 is 5.32 Å². The predicted octanol–water partition coefficient (Wildman–Crippen LogP) is 2.07. The lowest BCUT2D eigenvalue weighted by Crippen LogP contribution is -2.46. The number of rotatable bonds is 3. The summed E-state index contributed by atoms with van der Waals surface area (Å²) in [6, 6.07) is 14.1. The molecule has 0 bridgehead atoms. The van der Waals surface area contributed by atoms with Gasteiger partial charge in [0.1, 0.15) is 0 Å².